The van der Waals surface area contributed by atoms with Crippen molar-refractivity contribution in [3.8, 4) is 11.5 Å². The molecule has 0 bridgehead atoms. The highest BCUT2D eigenvalue weighted by atomic mass is 32.1. The van der Waals surface area contributed by atoms with Crippen LogP contribution in [-0.4, -0.2) is 16.1 Å². The Bertz CT molecular complexity index is 502. The molecule has 4 nitrogen and oxygen atoms in total. The first-order valence-corrected chi connectivity index (χ1v) is 5.92. The summed E-state index contributed by atoms with van der Waals surface area (Å²) in [4.78, 5) is 11.7. The van der Waals surface area contributed by atoms with Crippen LogP contribution in [0.25, 0.3) is 0 Å². The maximum Gasteiger partial charge on any atom is 0.251 e. The molecular formula is C12H11NO3S. The number of amides is 1. The lowest BCUT2D eigenvalue weighted by Crippen LogP contribution is -2.22. The van der Waals surface area contributed by atoms with E-state index in [2.05, 4.69) is 5.32 Å². The molecule has 17 heavy (non-hydrogen) atoms. The third-order valence-corrected chi connectivity index (χ3v) is 2.93. The Balaban J connectivity index is 2.04. The topological polar surface area (TPSA) is 69.6 Å². The molecule has 88 valence electrons. The molecule has 3 N–H and O–H groups in total. The van der Waals surface area contributed by atoms with E-state index in [1.807, 2.05) is 16.8 Å². The molecule has 0 aliphatic heterocycles. The smallest absolute Gasteiger partial charge is 0.251 e. The lowest BCUT2D eigenvalue weighted by molar-refractivity contribution is 0.0950. The van der Waals surface area contributed by atoms with Crippen molar-refractivity contribution in [3.05, 3.63) is 46.2 Å². The SMILES string of the molecule is O=C(NCc1ccsc1)c1cc(O)cc(O)c1. The summed E-state index contributed by atoms with van der Waals surface area (Å²) in [5.41, 5.74) is 1.26. The van der Waals surface area contributed by atoms with E-state index < -0.39 is 0 Å². The molecule has 2 rings (SSSR count). The zero-order chi connectivity index (χ0) is 12.3. The van der Waals surface area contributed by atoms with Crippen LogP contribution in [0.2, 0.25) is 0 Å². The number of rotatable bonds is 3. The first-order valence-electron chi connectivity index (χ1n) is 4.97. The maximum absolute atomic E-state index is 11.7. The van der Waals surface area contributed by atoms with Gasteiger partial charge in [0.2, 0.25) is 0 Å². The van der Waals surface area contributed by atoms with E-state index >= 15 is 0 Å². The van der Waals surface area contributed by atoms with Gasteiger partial charge in [-0.15, -0.1) is 0 Å². The normalized spacial score (nSPS) is 10.1. The van der Waals surface area contributed by atoms with E-state index in [0.29, 0.717) is 6.54 Å². The third kappa shape index (κ3) is 2.98. The summed E-state index contributed by atoms with van der Waals surface area (Å²) in [5, 5.41) is 25.1. The molecule has 0 saturated heterocycles. The summed E-state index contributed by atoms with van der Waals surface area (Å²) in [6, 6.07) is 5.71. The zero-order valence-electron chi connectivity index (χ0n) is 8.88. The van der Waals surface area contributed by atoms with Gasteiger partial charge in [0.15, 0.2) is 0 Å². The van der Waals surface area contributed by atoms with Crippen LogP contribution in [0.3, 0.4) is 0 Å². The minimum absolute atomic E-state index is 0.134. The lowest BCUT2D eigenvalue weighted by Gasteiger charge is -2.05. The van der Waals surface area contributed by atoms with Crippen LogP contribution in [0, 0.1) is 0 Å². The highest BCUT2D eigenvalue weighted by molar-refractivity contribution is 7.07. The molecule has 0 atom stereocenters. The van der Waals surface area contributed by atoms with Crippen molar-refractivity contribution in [3.63, 3.8) is 0 Å². The third-order valence-electron chi connectivity index (χ3n) is 2.20. The van der Waals surface area contributed by atoms with Crippen LogP contribution in [-0.2, 0) is 6.54 Å². The van der Waals surface area contributed by atoms with Crippen LogP contribution in [0.4, 0.5) is 0 Å². The zero-order valence-corrected chi connectivity index (χ0v) is 9.70. The largest absolute Gasteiger partial charge is 0.508 e. The molecule has 5 heteroatoms. The second-order valence-corrected chi connectivity index (χ2v) is 4.33. The first-order chi connectivity index (χ1) is 8.15. The molecule has 0 aliphatic rings. The van der Waals surface area contributed by atoms with E-state index in [1.54, 1.807) is 11.3 Å². The van der Waals surface area contributed by atoms with Crippen LogP contribution in [0.1, 0.15) is 15.9 Å². The Morgan fingerprint density at radius 1 is 1.24 bits per heavy atom. The Morgan fingerprint density at radius 3 is 2.53 bits per heavy atom. The number of thiophene rings is 1. The minimum Gasteiger partial charge on any atom is -0.508 e. The van der Waals surface area contributed by atoms with Gasteiger partial charge in [-0.3, -0.25) is 4.79 Å². The van der Waals surface area contributed by atoms with Crippen LogP contribution >= 0.6 is 11.3 Å². The van der Waals surface area contributed by atoms with Crippen molar-refractivity contribution < 1.29 is 15.0 Å². The van der Waals surface area contributed by atoms with E-state index in [1.165, 1.54) is 18.2 Å². The van der Waals surface area contributed by atoms with E-state index in [-0.39, 0.29) is 23.0 Å². The number of nitrogens with one attached hydrogen (secondary N) is 1. The summed E-state index contributed by atoms with van der Waals surface area (Å²) in [7, 11) is 0. The molecule has 1 heterocycles. The number of phenols is 2. The van der Waals surface area contributed by atoms with Gasteiger partial charge < -0.3 is 15.5 Å². The fourth-order valence-electron chi connectivity index (χ4n) is 1.40. The van der Waals surface area contributed by atoms with E-state index in [9.17, 15) is 15.0 Å². The predicted octanol–water partition coefficient (Wildman–Crippen LogP) is 2.09. The van der Waals surface area contributed by atoms with Crippen molar-refractivity contribution in [1.29, 1.82) is 0 Å². The second-order valence-electron chi connectivity index (χ2n) is 3.55. The molecule has 0 spiro atoms. The molecule has 1 aromatic heterocycles. The van der Waals surface area contributed by atoms with Crippen LogP contribution in [0.15, 0.2) is 35.0 Å². The molecule has 2 aromatic rings. The fourth-order valence-corrected chi connectivity index (χ4v) is 2.07. The molecule has 1 aromatic carbocycles. The standard InChI is InChI=1S/C12H11NO3S/c14-10-3-9(4-11(15)5-10)12(16)13-6-8-1-2-17-7-8/h1-5,7,14-15H,6H2,(H,13,16). The molecule has 0 aliphatic carbocycles. The number of phenolic OH excluding ortho intramolecular Hbond substituents is 2. The van der Waals surface area contributed by atoms with Crippen molar-refractivity contribution in [2.45, 2.75) is 6.54 Å². The van der Waals surface area contributed by atoms with Crippen LogP contribution < -0.4 is 5.32 Å². The highest BCUT2D eigenvalue weighted by Crippen LogP contribution is 2.20. The molecule has 0 unspecified atom stereocenters. The van der Waals surface area contributed by atoms with Gasteiger partial charge >= 0.3 is 0 Å². The predicted molar refractivity (Wildman–Crippen MR) is 65.3 cm³/mol. The number of carbonyl (C=O) groups excluding carboxylic acids is 1. The summed E-state index contributed by atoms with van der Waals surface area (Å²) >= 11 is 1.56. The fraction of sp³-hybridized carbons (Fsp3) is 0.0833. The monoisotopic (exact) mass is 249 g/mol. The van der Waals surface area contributed by atoms with Crippen LogP contribution in [0.5, 0.6) is 11.5 Å². The molecule has 0 saturated carbocycles. The van der Waals surface area contributed by atoms with Gasteiger partial charge in [0.25, 0.3) is 5.91 Å². The van der Waals surface area contributed by atoms with Crippen molar-refractivity contribution in [2.24, 2.45) is 0 Å². The van der Waals surface area contributed by atoms with Crippen molar-refractivity contribution in [1.82, 2.24) is 5.32 Å². The minimum atomic E-state index is -0.331. The Hall–Kier alpha value is -2.01. The molecule has 1 amide bonds. The number of aromatic hydroxyl groups is 2. The van der Waals surface area contributed by atoms with Gasteiger partial charge in [-0.1, -0.05) is 0 Å². The Morgan fingerprint density at radius 2 is 1.94 bits per heavy atom. The first kappa shape index (κ1) is 11.5. The summed E-state index contributed by atoms with van der Waals surface area (Å²) in [5.74, 6) is -0.598. The highest BCUT2D eigenvalue weighted by Gasteiger charge is 2.08. The Labute approximate surface area is 102 Å². The van der Waals surface area contributed by atoms with Gasteiger partial charge in [-0.25, -0.2) is 0 Å². The number of benzene rings is 1. The lowest BCUT2D eigenvalue weighted by atomic mass is 10.2. The van der Waals surface area contributed by atoms with Gasteiger partial charge in [0.05, 0.1) is 0 Å². The molecule has 0 radical (unpaired) electrons. The van der Waals surface area contributed by atoms with Gasteiger partial charge in [0.1, 0.15) is 11.5 Å². The average Bonchev–Trinajstić information content (AvgIpc) is 2.77. The summed E-state index contributed by atoms with van der Waals surface area (Å²) < 4.78 is 0. The van der Waals surface area contributed by atoms with Crippen molar-refractivity contribution >= 4 is 17.2 Å². The second kappa shape index (κ2) is 4.88. The summed E-state index contributed by atoms with van der Waals surface area (Å²) in [6.45, 7) is 0.429. The maximum atomic E-state index is 11.7. The molecular weight excluding hydrogens is 238 g/mol. The van der Waals surface area contributed by atoms with E-state index in [4.69, 9.17) is 0 Å². The van der Waals surface area contributed by atoms with Crippen molar-refractivity contribution in [2.75, 3.05) is 0 Å². The van der Waals surface area contributed by atoms with Gasteiger partial charge in [-0.2, -0.15) is 11.3 Å². The Kier molecular flexibility index (Phi) is 3.30. The number of carbonyl (C=O) groups is 1. The van der Waals surface area contributed by atoms with Gasteiger partial charge in [0, 0.05) is 18.2 Å². The molecule has 0 fully saturated rings. The van der Waals surface area contributed by atoms with E-state index in [0.717, 1.165) is 5.56 Å². The summed E-state index contributed by atoms with van der Waals surface area (Å²) in [6.07, 6.45) is 0. The number of hydrogen-bond donors (Lipinski definition) is 3. The number of hydrogen-bond acceptors (Lipinski definition) is 4. The average molecular weight is 249 g/mol. The quantitative estimate of drug-likeness (QED) is 0.780. The van der Waals surface area contributed by atoms with Gasteiger partial charge in [-0.05, 0) is 34.5 Å².